The Morgan fingerprint density at radius 1 is 1.36 bits per heavy atom. The zero-order chi connectivity index (χ0) is 16.3. The minimum atomic E-state index is -4.17. The van der Waals surface area contributed by atoms with Crippen LogP contribution in [0, 0.1) is 19.8 Å². The normalized spacial score (nSPS) is 22.4. The van der Waals surface area contributed by atoms with Gasteiger partial charge >= 0.3 is 12.2 Å². The van der Waals surface area contributed by atoms with Crippen molar-refractivity contribution in [1.29, 1.82) is 0 Å². The largest absolute Gasteiger partial charge is 0.391 e. The van der Waals surface area contributed by atoms with Gasteiger partial charge in [-0.05, 0) is 33.1 Å². The third-order valence-corrected chi connectivity index (χ3v) is 4.95. The van der Waals surface area contributed by atoms with Crippen LogP contribution in [-0.2, 0) is 6.54 Å². The number of nitrogens with one attached hydrogen (secondary N) is 2. The molecule has 2 unspecified atom stereocenters. The zero-order valence-electron chi connectivity index (χ0n) is 12.6. The molecule has 0 bridgehead atoms. The van der Waals surface area contributed by atoms with Crippen molar-refractivity contribution in [2.45, 2.75) is 58.3 Å². The van der Waals surface area contributed by atoms with E-state index < -0.39 is 24.2 Å². The molecule has 0 aromatic carbocycles. The van der Waals surface area contributed by atoms with Crippen molar-refractivity contribution in [2.75, 3.05) is 0 Å². The lowest BCUT2D eigenvalue weighted by molar-refractivity contribution is -0.183. The number of aromatic nitrogens is 1. The molecule has 0 radical (unpaired) electrons. The summed E-state index contributed by atoms with van der Waals surface area (Å²) in [5.74, 6) is -1.31. The summed E-state index contributed by atoms with van der Waals surface area (Å²) in [6, 6.07) is -0.831. The van der Waals surface area contributed by atoms with Crippen molar-refractivity contribution >= 4 is 17.4 Å². The Hall–Kier alpha value is -1.31. The average Bonchev–Trinajstić information content (AvgIpc) is 2.74. The number of aryl methyl sites for hydroxylation is 2. The summed E-state index contributed by atoms with van der Waals surface area (Å²) < 4.78 is 38.2. The first-order chi connectivity index (χ1) is 10.3. The number of hydrogen-bond donors (Lipinski definition) is 2. The number of amides is 2. The molecule has 2 amide bonds. The smallest absolute Gasteiger partial charge is 0.335 e. The molecule has 1 fully saturated rings. The molecule has 1 aliphatic carbocycles. The van der Waals surface area contributed by atoms with E-state index in [1.807, 2.05) is 13.8 Å². The van der Waals surface area contributed by atoms with Crippen molar-refractivity contribution in [3.05, 3.63) is 15.6 Å². The van der Waals surface area contributed by atoms with E-state index >= 15 is 0 Å². The molecule has 2 atom stereocenters. The molecule has 1 aromatic heterocycles. The minimum Gasteiger partial charge on any atom is -0.335 e. The SMILES string of the molecule is Cc1nc(C)c(CNC(=O)NC2CCCC(C(F)(F)F)C2)s1. The Balaban J connectivity index is 1.80. The summed E-state index contributed by atoms with van der Waals surface area (Å²) in [6.07, 6.45) is -2.96. The van der Waals surface area contributed by atoms with Gasteiger partial charge in [-0.3, -0.25) is 0 Å². The highest BCUT2D eigenvalue weighted by molar-refractivity contribution is 7.11. The first-order valence-corrected chi connectivity index (χ1v) is 8.11. The van der Waals surface area contributed by atoms with Crippen LogP contribution in [0.25, 0.3) is 0 Å². The first kappa shape index (κ1) is 17.1. The summed E-state index contributed by atoms with van der Waals surface area (Å²) in [4.78, 5) is 17.1. The zero-order valence-corrected chi connectivity index (χ0v) is 13.4. The molecular weight excluding hydrogens is 315 g/mol. The van der Waals surface area contributed by atoms with Crippen LogP contribution in [0.4, 0.5) is 18.0 Å². The second kappa shape index (κ2) is 6.85. The highest BCUT2D eigenvalue weighted by atomic mass is 32.1. The van der Waals surface area contributed by atoms with E-state index in [-0.39, 0.29) is 12.8 Å². The monoisotopic (exact) mass is 335 g/mol. The summed E-state index contributed by atoms with van der Waals surface area (Å²) in [7, 11) is 0. The standard InChI is InChI=1S/C14H20F3N3OS/c1-8-12(22-9(2)19-8)7-18-13(21)20-11-5-3-4-10(6-11)14(15,16)17/h10-11H,3-7H2,1-2H3,(H2,18,20,21). The van der Waals surface area contributed by atoms with Crippen molar-refractivity contribution < 1.29 is 18.0 Å². The van der Waals surface area contributed by atoms with Gasteiger partial charge in [0.2, 0.25) is 0 Å². The van der Waals surface area contributed by atoms with E-state index in [0.717, 1.165) is 15.6 Å². The summed E-state index contributed by atoms with van der Waals surface area (Å²) in [6.45, 7) is 4.10. The predicted octanol–water partition coefficient (Wildman–Crippen LogP) is 3.68. The number of hydrogen-bond acceptors (Lipinski definition) is 3. The Kier molecular flexibility index (Phi) is 5.31. The van der Waals surface area contributed by atoms with Crippen LogP contribution < -0.4 is 10.6 Å². The lowest BCUT2D eigenvalue weighted by atomic mass is 9.85. The van der Waals surface area contributed by atoms with Gasteiger partial charge in [-0.1, -0.05) is 6.42 Å². The third-order valence-electron chi connectivity index (χ3n) is 3.88. The van der Waals surface area contributed by atoms with Gasteiger partial charge in [0.1, 0.15) is 0 Å². The molecule has 4 nitrogen and oxygen atoms in total. The Bertz CT molecular complexity index is 530. The van der Waals surface area contributed by atoms with Crippen molar-refractivity contribution in [3.8, 4) is 0 Å². The number of carbonyl (C=O) groups excluding carboxylic acids is 1. The molecule has 2 rings (SSSR count). The molecule has 2 N–H and O–H groups in total. The molecular formula is C14H20F3N3OS. The van der Waals surface area contributed by atoms with E-state index in [2.05, 4.69) is 15.6 Å². The minimum absolute atomic E-state index is 0.0321. The van der Waals surface area contributed by atoms with Crippen molar-refractivity contribution in [2.24, 2.45) is 5.92 Å². The van der Waals surface area contributed by atoms with E-state index in [9.17, 15) is 18.0 Å². The molecule has 1 aliphatic rings. The lowest BCUT2D eigenvalue weighted by Gasteiger charge is -2.31. The highest BCUT2D eigenvalue weighted by Gasteiger charge is 2.42. The van der Waals surface area contributed by atoms with Crippen LogP contribution in [0.3, 0.4) is 0 Å². The fourth-order valence-corrected chi connectivity index (χ4v) is 3.63. The highest BCUT2D eigenvalue weighted by Crippen LogP contribution is 2.37. The number of nitrogens with zero attached hydrogens (tertiary/aromatic N) is 1. The second-order valence-electron chi connectivity index (χ2n) is 5.67. The maximum atomic E-state index is 12.7. The molecule has 1 aromatic rings. The fraction of sp³-hybridized carbons (Fsp3) is 0.714. The molecule has 124 valence electrons. The third kappa shape index (κ3) is 4.59. The van der Waals surface area contributed by atoms with E-state index in [0.29, 0.717) is 19.4 Å². The van der Waals surface area contributed by atoms with Crippen LogP contribution in [0.1, 0.15) is 41.3 Å². The molecule has 0 spiro atoms. The van der Waals surface area contributed by atoms with Gasteiger partial charge in [-0.2, -0.15) is 13.2 Å². The number of rotatable bonds is 3. The molecule has 1 saturated carbocycles. The maximum absolute atomic E-state index is 12.7. The number of urea groups is 1. The van der Waals surface area contributed by atoms with Crippen LogP contribution in [0.2, 0.25) is 0 Å². The van der Waals surface area contributed by atoms with E-state index in [1.54, 1.807) is 0 Å². The molecule has 0 saturated heterocycles. The topological polar surface area (TPSA) is 54.0 Å². The average molecular weight is 335 g/mol. The van der Waals surface area contributed by atoms with E-state index in [4.69, 9.17) is 0 Å². The van der Waals surface area contributed by atoms with Crippen LogP contribution >= 0.6 is 11.3 Å². The summed E-state index contributed by atoms with van der Waals surface area (Å²) >= 11 is 1.50. The molecule has 8 heteroatoms. The Morgan fingerprint density at radius 2 is 2.09 bits per heavy atom. The van der Waals surface area contributed by atoms with Gasteiger partial charge in [0, 0.05) is 10.9 Å². The molecule has 22 heavy (non-hydrogen) atoms. The number of carbonyl (C=O) groups is 1. The second-order valence-corrected chi connectivity index (χ2v) is 6.96. The maximum Gasteiger partial charge on any atom is 0.391 e. The fourth-order valence-electron chi connectivity index (χ4n) is 2.75. The van der Waals surface area contributed by atoms with Crippen LogP contribution in [0.15, 0.2) is 0 Å². The van der Waals surface area contributed by atoms with E-state index in [1.165, 1.54) is 11.3 Å². The van der Waals surface area contributed by atoms with Gasteiger partial charge in [0.15, 0.2) is 0 Å². The number of alkyl halides is 3. The molecule has 1 heterocycles. The van der Waals surface area contributed by atoms with Gasteiger partial charge in [-0.25, -0.2) is 9.78 Å². The number of halogens is 3. The first-order valence-electron chi connectivity index (χ1n) is 7.29. The lowest BCUT2D eigenvalue weighted by Crippen LogP contribution is -2.45. The van der Waals surface area contributed by atoms with Gasteiger partial charge in [0.05, 0.1) is 23.2 Å². The van der Waals surface area contributed by atoms with Crippen molar-refractivity contribution in [3.63, 3.8) is 0 Å². The Morgan fingerprint density at radius 3 is 2.68 bits per heavy atom. The van der Waals surface area contributed by atoms with Gasteiger partial charge < -0.3 is 10.6 Å². The molecule has 0 aliphatic heterocycles. The Labute approximate surface area is 131 Å². The van der Waals surface area contributed by atoms with Crippen LogP contribution in [-0.4, -0.2) is 23.2 Å². The van der Waals surface area contributed by atoms with Crippen LogP contribution in [0.5, 0.6) is 0 Å². The number of thiazole rings is 1. The van der Waals surface area contributed by atoms with Gasteiger partial charge in [0.25, 0.3) is 0 Å². The quantitative estimate of drug-likeness (QED) is 0.885. The van der Waals surface area contributed by atoms with Gasteiger partial charge in [-0.15, -0.1) is 11.3 Å². The summed E-state index contributed by atoms with van der Waals surface area (Å²) in [5.41, 5.74) is 0.873. The predicted molar refractivity (Wildman–Crippen MR) is 78.8 cm³/mol. The van der Waals surface area contributed by atoms with Crippen molar-refractivity contribution in [1.82, 2.24) is 15.6 Å². The summed E-state index contributed by atoms with van der Waals surface area (Å²) in [5, 5.41) is 6.27.